The van der Waals surface area contributed by atoms with Gasteiger partial charge in [-0.1, -0.05) is 66.2 Å². The van der Waals surface area contributed by atoms with Crippen molar-refractivity contribution in [2.24, 2.45) is 0 Å². The Kier molecular flexibility index (Phi) is 8.18. The maximum atomic E-state index is 10.2. The standard InChI is InChI=1S/C7H6O2.C7H8.C6H6O2/c8-7(9)6-4-2-1-3-5-6;1-7-5-3-2-4-6-7;7-5-3-1-2-4-6(5)8/h1-5H,(H,8,9);2-6H,1H3;1-4,7-8H. The summed E-state index contributed by atoms with van der Waals surface area (Å²) >= 11 is 0. The van der Waals surface area contributed by atoms with Crippen LogP contribution in [0.3, 0.4) is 0 Å². The monoisotopic (exact) mass is 324 g/mol. The highest BCUT2D eigenvalue weighted by Gasteiger charge is 1.96. The van der Waals surface area contributed by atoms with Gasteiger partial charge in [0.25, 0.3) is 0 Å². The van der Waals surface area contributed by atoms with Crippen molar-refractivity contribution >= 4 is 5.97 Å². The largest absolute Gasteiger partial charge is 0.504 e. The molecule has 0 fully saturated rings. The summed E-state index contributed by atoms with van der Waals surface area (Å²) in [6, 6.07) is 24.7. The van der Waals surface area contributed by atoms with Crippen LogP contribution >= 0.6 is 0 Å². The lowest BCUT2D eigenvalue weighted by molar-refractivity contribution is 0.0697. The Morgan fingerprint density at radius 3 is 1.29 bits per heavy atom. The highest BCUT2D eigenvalue weighted by Crippen LogP contribution is 2.21. The number of hydrogen-bond donors (Lipinski definition) is 3. The fourth-order valence-electron chi connectivity index (χ4n) is 1.58. The summed E-state index contributed by atoms with van der Waals surface area (Å²) in [7, 11) is 0. The van der Waals surface area contributed by atoms with Crippen LogP contribution in [0.5, 0.6) is 11.5 Å². The van der Waals surface area contributed by atoms with Gasteiger partial charge in [-0.05, 0) is 31.2 Å². The number of aromatic carboxylic acids is 1. The van der Waals surface area contributed by atoms with Gasteiger partial charge in [0.15, 0.2) is 11.5 Å². The van der Waals surface area contributed by atoms with Crippen molar-refractivity contribution < 1.29 is 20.1 Å². The molecule has 0 aromatic heterocycles. The Hall–Kier alpha value is -3.27. The van der Waals surface area contributed by atoms with Crippen molar-refractivity contribution in [3.05, 3.63) is 96.1 Å². The van der Waals surface area contributed by atoms with Crippen LogP contribution in [-0.2, 0) is 0 Å². The minimum Gasteiger partial charge on any atom is -0.504 e. The summed E-state index contributed by atoms with van der Waals surface area (Å²) < 4.78 is 0. The summed E-state index contributed by atoms with van der Waals surface area (Å²) in [5.41, 5.74) is 1.65. The number of rotatable bonds is 1. The molecule has 24 heavy (non-hydrogen) atoms. The first-order valence-electron chi connectivity index (χ1n) is 7.27. The van der Waals surface area contributed by atoms with E-state index in [-0.39, 0.29) is 11.5 Å². The van der Waals surface area contributed by atoms with E-state index in [0.29, 0.717) is 5.56 Å². The Morgan fingerprint density at radius 2 is 1.04 bits per heavy atom. The van der Waals surface area contributed by atoms with Crippen molar-refractivity contribution in [2.45, 2.75) is 6.92 Å². The number of para-hydroxylation sites is 2. The number of carbonyl (C=O) groups is 1. The number of benzene rings is 3. The quantitative estimate of drug-likeness (QED) is 0.577. The van der Waals surface area contributed by atoms with Crippen molar-refractivity contribution in [3.63, 3.8) is 0 Å². The van der Waals surface area contributed by atoms with Crippen LogP contribution in [0.25, 0.3) is 0 Å². The zero-order valence-electron chi connectivity index (χ0n) is 13.3. The highest BCUT2D eigenvalue weighted by atomic mass is 16.4. The van der Waals surface area contributed by atoms with Gasteiger partial charge in [-0.25, -0.2) is 4.79 Å². The van der Waals surface area contributed by atoms with Crippen LogP contribution in [0.4, 0.5) is 0 Å². The first-order chi connectivity index (χ1) is 11.5. The first kappa shape index (κ1) is 18.8. The van der Waals surface area contributed by atoms with Gasteiger partial charge in [-0.2, -0.15) is 0 Å². The molecule has 0 aliphatic carbocycles. The fourth-order valence-corrected chi connectivity index (χ4v) is 1.58. The van der Waals surface area contributed by atoms with E-state index >= 15 is 0 Å². The molecule has 0 saturated carbocycles. The van der Waals surface area contributed by atoms with Crippen molar-refractivity contribution in [1.29, 1.82) is 0 Å². The molecular weight excluding hydrogens is 304 g/mol. The molecule has 3 aromatic rings. The van der Waals surface area contributed by atoms with Crippen molar-refractivity contribution in [2.75, 3.05) is 0 Å². The molecule has 0 spiro atoms. The molecule has 0 bridgehead atoms. The van der Waals surface area contributed by atoms with Crippen LogP contribution in [-0.4, -0.2) is 21.3 Å². The second-order valence-electron chi connectivity index (χ2n) is 4.81. The number of phenolic OH excluding ortho intramolecular Hbond substituents is 2. The summed E-state index contributed by atoms with van der Waals surface area (Å²) in [5, 5.41) is 25.7. The van der Waals surface area contributed by atoms with Gasteiger partial charge in [0, 0.05) is 0 Å². The van der Waals surface area contributed by atoms with Crippen molar-refractivity contribution in [1.82, 2.24) is 0 Å². The number of hydrogen-bond acceptors (Lipinski definition) is 3. The molecule has 3 rings (SSSR count). The van der Waals surface area contributed by atoms with E-state index in [9.17, 15) is 4.79 Å². The van der Waals surface area contributed by atoms with Gasteiger partial charge in [-0.3, -0.25) is 0 Å². The van der Waals surface area contributed by atoms with Gasteiger partial charge < -0.3 is 15.3 Å². The van der Waals surface area contributed by atoms with E-state index in [1.165, 1.54) is 17.7 Å². The van der Waals surface area contributed by atoms with Gasteiger partial charge in [0.2, 0.25) is 0 Å². The third-order valence-corrected chi connectivity index (χ3v) is 2.84. The topological polar surface area (TPSA) is 77.8 Å². The third kappa shape index (κ3) is 7.66. The summed E-state index contributed by atoms with van der Waals surface area (Å²) in [6.45, 7) is 2.08. The summed E-state index contributed by atoms with van der Waals surface area (Å²) in [5.74, 6) is -1.03. The highest BCUT2D eigenvalue weighted by molar-refractivity contribution is 5.87. The van der Waals surface area contributed by atoms with E-state index in [1.807, 2.05) is 18.2 Å². The summed E-state index contributed by atoms with van der Waals surface area (Å²) in [6.07, 6.45) is 0. The average Bonchev–Trinajstić information content (AvgIpc) is 2.60. The molecule has 0 atom stereocenters. The molecule has 0 saturated heterocycles. The van der Waals surface area contributed by atoms with Gasteiger partial charge in [-0.15, -0.1) is 0 Å². The lowest BCUT2D eigenvalue weighted by Gasteiger charge is -1.91. The second-order valence-corrected chi connectivity index (χ2v) is 4.81. The predicted molar refractivity (Wildman–Crippen MR) is 94.4 cm³/mol. The van der Waals surface area contributed by atoms with E-state index < -0.39 is 5.97 Å². The second kappa shape index (κ2) is 10.5. The third-order valence-electron chi connectivity index (χ3n) is 2.84. The minimum atomic E-state index is -0.879. The van der Waals surface area contributed by atoms with Crippen molar-refractivity contribution in [3.8, 4) is 11.5 Å². The van der Waals surface area contributed by atoms with Gasteiger partial charge in [0.1, 0.15) is 0 Å². The van der Waals surface area contributed by atoms with Crippen LogP contribution in [0.2, 0.25) is 0 Å². The molecule has 0 radical (unpaired) electrons. The van der Waals surface area contributed by atoms with Crippen LogP contribution in [0.1, 0.15) is 15.9 Å². The van der Waals surface area contributed by atoms with E-state index in [1.54, 1.807) is 42.5 Å². The Bertz CT molecular complexity index is 704. The smallest absolute Gasteiger partial charge is 0.335 e. The predicted octanol–water partition coefficient (Wildman–Crippen LogP) is 4.48. The van der Waals surface area contributed by atoms with Gasteiger partial charge >= 0.3 is 5.97 Å². The molecule has 3 N–H and O–H groups in total. The average molecular weight is 324 g/mol. The Labute approximate surface area is 141 Å². The maximum Gasteiger partial charge on any atom is 0.335 e. The molecule has 0 heterocycles. The van der Waals surface area contributed by atoms with E-state index in [0.717, 1.165) is 0 Å². The van der Waals surface area contributed by atoms with Crippen LogP contribution in [0.15, 0.2) is 84.9 Å². The lowest BCUT2D eigenvalue weighted by atomic mass is 10.2. The molecule has 0 amide bonds. The molecule has 4 heteroatoms. The van der Waals surface area contributed by atoms with Crippen LogP contribution < -0.4 is 0 Å². The summed E-state index contributed by atoms with van der Waals surface area (Å²) in [4.78, 5) is 10.2. The normalized spacial score (nSPS) is 8.88. The molecule has 0 aliphatic heterocycles. The molecule has 124 valence electrons. The molecular formula is C20H20O4. The molecule has 3 aromatic carbocycles. The zero-order valence-corrected chi connectivity index (χ0v) is 13.3. The number of carboxylic acids is 1. The molecule has 4 nitrogen and oxygen atoms in total. The number of aromatic hydroxyl groups is 2. The van der Waals surface area contributed by atoms with E-state index in [2.05, 4.69) is 19.1 Å². The Balaban J connectivity index is 0.000000181. The van der Waals surface area contributed by atoms with E-state index in [4.69, 9.17) is 15.3 Å². The maximum absolute atomic E-state index is 10.2. The molecule has 0 aliphatic rings. The zero-order chi connectivity index (χ0) is 17.8. The fraction of sp³-hybridized carbons (Fsp3) is 0.0500. The number of carboxylic acid groups (broad SMARTS) is 1. The first-order valence-corrected chi connectivity index (χ1v) is 7.27. The SMILES string of the molecule is Cc1ccccc1.O=C(O)c1ccccc1.Oc1ccccc1O. The Morgan fingerprint density at radius 1 is 0.667 bits per heavy atom. The van der Waals surface area contributed by atoms with Crippen LogP contribution in [0, 0.1) is 6.92 Å². The number of phenols is 2. The molecule has 0 unspecified atom stereocenters. The lowest BCUT2D eigenvalue weighted by Crippen LogP contribution is -1.93. The minimum absolute atomic E-state index is 0.0764. The number of aryl methyl sites for hydroxylation is 1. The van der Waals surface area contributed by atoms with Gasteiger partial charge in [0.05, 0.1) is 5.56 Å².